The number of carbonyl (C=O) groups is 3. The standard InChI is InChI=1S/C14H21N3O3/c1-5-8(2)12(13(15)19)16-14(20)11-6-10(9(3)18)7-17(11)4/h6-8,12H,5H2,1-4H3,(H2,15,19)(H,16,20). The van der Waals surface area contributed by atoms with E-state index in [1.807, 2.05) is 13.8 Å². The molecule has 0 aromatic carbocycles. The molecular weight excluding hydrogens is 258 g/mol. The van der Waals surface area contributed by atoms with Crippen molar-refractivity contribution in [3.05, 3.63) is 23.5 Å². The normalized spacial score (nSPS) is 13.6. The Morgan fingerprint density at radius 3 is 2.40 bits per heavy atom. The van der Waals surface area contributed by atoms with Crippen LogP contribution in [0.4, 0.5) is 0 Å². The van der Waals surface area contributed by atoms with Crippen LogP contribution in [0.5, 0.6) is 0 Å². The monoisotopic (exact) mass is 279 g/mol. The Morgan fingerprint density at radius 2 is 2.00 bits per heavy atom. The lowest BCUT2D eigenvalue weighted by atomic mass is 9.98. The summed E-state index contributed by atoms with van der Waals surface area (Å²) in [6, 6.07) is 0.787. The van der Waals surface area contributed by atoms with Gasteiger partial charge in [-0.25, -0.2) is 0 Å². The van der Waals surface area contributed by atoms with E-state index in [-0.39, 0.29) is 11.7 Å². The van der Waals surface area contributed by atoms with Crippen molar-refractivity contribution in [2.75, 3.05) is 0 Å². The molecule has 0 aliphatic heterocycles. The van der Waals surface area contributed by atoms with Crippen LogP contribution in [0.1, 0.15) is 48.0 Å². The predicted molar refractivity (Wildman–Crippen MR) is 75.3 cm³/mol. The minimum Gasteiger partial charge on any atom is -0.368 e. The average molecular weight is 279 g/mol. The number of aryl methyl sites for hydroxylation is 1. The van der Waals surface area contributed by atoms with Gasteiger partial charge in [-0.05, 0) is 18.9 Å². The van der Waals surface area contributed by atoms with Crippen LogP contribution in [-0.2, 0) is 11.8 Å². The zero-order chi connectivity index (χ0) is 15.4. The number of Topliss-reactive ketones (excluding diaryl/α,β-unsaturated/α-hetero) is 1. The third kappa shape index (κ3) is 3.46. The van der Waals surface area contributed by atoms with Gasteiger partial charge in [0.25, 0.3) is 5.91 Å². The lowest BCUT2D eigenvalue weighted by Gasteiger charge is -2.21. The van der Waals surface area contributed by atoms with Gasteiger partial charge in [-0.2, -0.15) is 0 Å². The van der Waals surface area contributed by atoms with Gasteiger partial charge in [-0.3, -0.25) is 14.4 Å². The van der Waals surface area contributed by atoms with Crippen LogP contribution in [-0.4, -0.2) is 28.2 Å². The number of nitrogens with two attached hydrogens (primary N) is 1. The van der Waals surface area contributed by atoms with Gasteiger partial charge in [0.15, 0.2) is 5.78 Å². The highest BCUT2D eigenvalue weighted by atomic mass is 16.2. The summed E-state index contributed by atoms with van der Waals surface area (Å²) in [7, 11) is 1.67. The summed E-state index contributed by atoms with van der Waals surface area (Å²) in [5.41, 5.74) is 6.10. The summed E-state index contributed by atoms with van der Waals surface area (Å²) in [5.74, 6) is -1.14. The number of hydrogen-bond donors (Lipinski definition) is 2. The fourth-order valence-electron chi connectivity index (χ4n) is 1.93. The smallest absolute Gasteiger partial charge is 0.268 e. The van der Waals surface area contributed by atoms with Crippen molar-refractivity contribution in [1.29, 1.82) is 0 Å². The molecule has 0 fully saturated rings. The highest BCUT2D eigenvalue weighted by molar-refractivity contribution is 6.00. The fourth-order valence-corrected chi connectivity index (χ4v) is 1.93. The van der Waals surface area contributed by atoms with E-state index in [0.29, 0.717) is 11.3 Å². The second kappa shape index (κ2) is 6.36. The Hall–Kier alpha value is -2.11. The van der Waals surface area contributed by atoms with Gasteiger partial charge in [-0.15, -0.1) is 0 Å². The Balaban J connectivity index is 2.95. The average Bonchev–Trinajstić information content (AvgIpc) is 2.76. The Morgan fingerprint density at radius 1 is 1.40 bits per heavy atom. The first-order valence-electron chi connectivity index (χ1n) is 6.55. The maximum absolute atomic E-state index is 12.2. The Bertz CT molecular complexity index is 534. The topological polar surface area (TPSA) is 94.2 Å². The third-order valence-corrected chi connectivity index (χ3v) is 3.45. The van der Waals surface area contributed by atoms with Gasteiger partial charge in [0.1, 0.15) is 11.7 Å². The summed E-state index contributed by atoms with van der Waals surface area (Å²) in [5, 5.41) is 2.63. The molecule has 2 amide bonds. The summed E-state index contributed by atoms with van der Waals surface area (Å²) in [6.07, 6.45) is 2.31. The van der Waals surface area contributed by atoms with Gasteiger partial charge in [0, 0.05) is 18.8 Å². The molecule has 2 unspecified atom stereocenters. The minimum absolute atomic E-state index is 0.0519. The lowest BCUT2D eigenvalue weighted by Crippen LogP contribution is -2.48. The molecule has 3 N–H and O–H groups in total. The number of rotatable bonds is 6. The van der Waals surface area contributed by atoms with Crippen LogP contribution >= 0.6 is 0 Å². The summed E-state index contributed by atoms with van der Waals surface area (Å²) in [6.45, 7) is 5.20. The Kier molecular flexibility index (Phi) is 5.07. The van der Waals surface area contributed by atoms with Crippen LogP contribution in [0, 0.1) is 5.92 Å². The number of carbonyl (C=O) groups excluding carboxylic acids is 3. The minimum atomic E-state index is -0.719. The first-order chi connectivity index (χ1) is 9.27. The van der Waals surface area contributed by atoms with Gasteiger partial charge >= 0.3 is 0 Å². The van der Waals surface area contributed by atoms with E-state index in [1.165, 1.54) is 13.0 Å². The second-order valence-corrected chi connectivity index (χ2v) is 5.02. The maximum Gasteiger partial charge on any atom is 0.268 e. The summed E-state index contributed by atoms with van der Waals surface area (Å²) >= 11 is 0. The number of ketones is 1. The molecule has 0 radical (unpaired) electrons. The molecule has 20 heavy (non-hydrogen) atoms. The van der Waals surface area contributed by atoms with E-state index < -0.39 is 17.9 Å². The van der Waals surface area contributed by atoms with Gasteiger partial charge in [0.05, 0.1) is 0 Å². The quantitative estimate of drug-likeness (QED) is 0.756. The predicted octanol–water partition coefficient (Wildman–Crippen LogP) is 0.857. The molecule has 0 saturated carbocycles. The van der Waals surface area contributed by atoms with Crippen LogP contribution < -0.4 is 11.1 Å². The van der Waals surface area contributed by atoms with Gasteiger partial charge < -0.3 is 15.6 Å². The molecule has 6 heteroatoms. The van der Waals surface area contributed by atoms with E-state index in [9.17, 15) is 14.4 Å². The first kappa shape index (κ1) is 15.9. The van der Waals surface area contributed by atoms with Crippen molar-refractivity contribution in [2.45, 2.75) is 33.2 Å². The van der Waals surface area contributed by atoms with Crippen LogP contribution in [0.2, 0.25) is 0 Å². The van der Waals surface area contributed by atoms with Gasteiger partial charge in [-0.1, -0.05) is 20.3 Å². The van der Waals surface area contributed by atoms with Crippen molar-refractivity contribution in [3.63, 3.8) is 0 Å². The molecule has 1 aromatic heterocycles. The van der Waals surface area contributed by atoms with Crippen molar-refractivity contribution in [3.8, 4) is 0 Å². The van der Waals surface area contributed by atoms with Crippen molar-refractivity contribution in [2.24, 2.45) is 18.7 Å². The molecular formula is C14H21N3O3. The van der Waals surface area contributed by atoms with E-state index in [4.69, 9.17) is 5.73 Å². The summed E-state index contributed by atoms with van der Waals surface area (Å²) in [4.78, 5) is 34.9. The second-order valence-electron chi connectivity index (χ2n) is 5.02. The number of amides is 2. The highest BCUT2D eigenvalue weighted by Crippen LogP contribution is 2.11. The highest BCUT2D eigenvalue weighted by Gasteiger charge is 2.25. The van der Waals surface area contributed by atoms with Crippen LogP contribution in [0.15, 0.2) is 12.3 Å². The van der Waals surface area contributed by atoms with Crippen molar-refractivity contribution < 1.29 is 14.4 Å². The number of nitrogens with zero attached hydrogens (tertiary/aromatic N) is 1. The molecule has 0 saturated heterocycles. The zero-order valence-corrected chi connectivity index (χ0v) is 12.3. The molecule has 1 rings (SSSR count). The van der Waals surface area contributed by atoms with Crippen LogP contribution in [0.25, 0.3) is 0 Å². The fraction of sp³-hybridized carbons (Fsp3) is 0.500. The number of primary amides is 1. The first-order valence-corrected chi connectivity index (χ1v) is 6.55. The lowest BCUT2D eigenvalue weighted by molar-refractivity contribution is -0.120. The van der Waals surface area contributed by atoms with E-state index >= 15 is 0 Å². The Labute approximate surface area is 118 Å². The molecule has 1 heterocycles. The molecule has 2 atom stereocenters. The molecule has 0 spiro atoms. The number of nitrogens with one attached hydrogen (secondary N) is 1. The molecule has 110 valence electrons. The molecule has 0 aliphatic rings. The molecule has 6 nitrogen and oxygen atoms in total. The third-order valence-electron chi connectivity index (χ3n) is 3.45. The number of hydrogen-bond acceptors (Lipinski definition) is 3. The SMILES string of the molecule is CCC(C)C(NC(=O)c1cc(C(C)=O)cn1C)C(N)=O. The largest absolute Gasteiger partial charge is 0.368 e. The maximum atomic E-state index is 12.2. The van der Waals surface area contributed by atoms with Crippen molar-refractivity contribution in [1.82, 2.24) is 9.88 Å². The van der Waals surface area contributed by atoms with Gasteiger partial charge in [0.2, 0.25) is 5.91 Å². The van der Waals surface area contributed by atoms with Crippen molar-refractivity contribution >= 4 is 17.6 Å². The summed E-state index contributed by atoms with van der Waals surface area (Å²) < 4.78 is 1.56. The number of aromatic nitrogens is 1. The van der Waals surface area contributed by atoms with Crippen LogP contribution in [0.3, 0.4) is 0 Å². The molecule has 0 bridgehead atoms. The van der Waals surface area contributed by atoms with E-state index in [1.54, 1.807) is 17.8 Å². The zero-order valence-electron chi connectivity index (χ0n) is 12.3. The van der Waals surface area contributed by atoms with E-state index in [2.05, 4.69) is 5.32 Å². The molecule has 1 aromatic rings. The van der Waals surface area contributed by atoms with E-state index in [0.717, 1.165) is 6.42 Å². The molecule has 0 aliphatic carbocycles.